The van der Waals surface area contributed by atoms with Crippen LogP contribution in [0.25, 0.3) is 22.2 Å². The number of rotatable bonds is 5. The van der Waals surface area contributed by atoms with Gasteiger partial charge in [-0.05, 0) is 23.3 Å². The lowest BCUT2D eigenvalue weighted by molar-refractivity contribution is 0.844. The smallest absolute Gasteiger partial charge is 0.134 e. The summed E-state index contributed by atoms with van der Waals surface area (Å²) in [4.78, 5) is 12.8. The highest BCUT2D eigenvalue weighted by Gasteiger charge is 2.12. The molecule has 3 aromatic heterocycles. The van der Waals surface area contributed by atoms with Gasteiger partial charge in [0, 0.05) is 36.1 Å². The Bertz CT molecular complexity index is 1230. The second kappa shape index (κ2) is 7.56. The third-order valence-corrected chi connectivity index (χ3v) is 4.88. The molecular formula is C24H19N5. The maximum Gasteiger partial charge on any atom is 0.134 e. The summed E-state index contributed by atoms with van der Waals surface area (Å²) < 4.78 is 2.34. The molecule has 2 aromatic carbocycles. The maximum atomic E-state index is 4.57. The number of aromatic nitrogens is 4. The highest BCUT2D eigenvalue weighted by Crippen LogP contribution is 2.30. The molecule has 0 fully saturated rings. The fraction of sp³-hybridized carbons (Fsp3) is 0.0417. The second-order valence-electron chi connectivity index (χ2n) is 6.82. The van der Waals surface area contributed by atoms with Crippen LogP contribution in [0.2, 0.25) is 0 Å². The molecule has 29 heavy (non-hydrogen) atoms. The van der Waals surface area contributed by atoms with Gasteiger partial charge in [0.25, 0.3) is 0 Å². The normalized spacial score (nSPS) is 10.9. The van der Waals surface area contributed by atoms with E-state index in [2.05, 4.69) is 85.5 Å². The van der Waals surface area contributed by atoms with Crippen molar-refractivity contribution < 1.29 is 0 Å². The Labute approximate surface area is 168 Å². The van der Waals surface area contributed by atoms with E-state index in [1.807, 2.05) is 24.4 Å². The number of fused-ring (bicyclic) bond motifs is 1. The quantitative estimate of drug-likeness (QED) is 0.452. The van der Waals surface area contributed by atoms with Crippen LogP contribution < -0.4 is 5.32 Å². The Balaban J connectivity index is 1.63. The van der Waals surface area contributed by atoms with Gasteiger partial charge in [-0.25, -0.2) is 15.0 Å². The van der Waals surface area contributed by atoms with Gasteiger partial charge in [0.05, 0.1) is 5.52 Å². The molecule has 0 saturated heterocycles. The van der Waals surface area contributed by atoms with Gasteiger partial charge in [0.1, 0.15) is 18.0 Å². The van der Waals surface area contributed by atoms with Crippen molar-refractivity contribution in [1.29, 1.82) is 0 Å². The van der Waals surface area contributed by atoms with Crippen LogP contribution in [-0.4, -0.2) is 19.5 Å². The molecule has 0 bridgehead atoms. The van der Waals surface area contributed by atoms with Crippen LogP contribution in [0.3, 0.4) is 0 Å². The van der Waals surface area contributed by atoms with Crippen molar-refractivity contribution in [2.24, 2.45) is 0 Å². The van der Waals surface area contributed by atoms with Crippen molar-refractivity contribution in [2.45, 2.75) is 6.54 Å². The van der Waals surface area contributed by atoms with Gasteiger partial charge in [-0.3, -0.25) is 0 Å². The zero-order chi connectivity index (χ0) is 19.5. The van der Waals surface area contributed by atoms with E-state index < -0.39 is 0 Å². The molecule has 1 N–H and O–H groups in total. The van der Waals surface area contributed by atoms with Crippen molar-refractivity contribution in [3.8, 4) is 11.3 Å². The number of anilines is 2. The average Bonchev–Trinajstić information content (AvgIpc) is 3.13. The molecule has 0 radical (unpaired) electrons. The van der Waals surface area contributed by atoms with Gasteiger partial charge in [-0.15, -0.1) is 0 Å². The molecule has 0 aliphatic carbocycles. The van der Waals surface area contributed by atoms with Crippen LogP contribution in [0.15, 0.2) is 97.6 Å². The summed E-state index contributed by atoms with van der Waals surface area (Å²) in [5.74, 6) is 1.47. The molecule has 5 nitrogen and oxygen atoms in total. The fourth-order valence-electron chi connectivity index (χ4n) is 3.50. The lowest BCUT2D eigenvalue weighted by Crippen LogP contribution is -2.02. The topological polar surface area (TPSA) is 55.6 Å². The van der Waals surface area contributed by atoms with Crippen LogP contribution >= 0.6 is 0 Å². The summed E-state index contributed by atoms with van der Waals surface area (Å²) in [5, 5.41) is 4.37. The molecule has 0 aliphatic rings. The Morgan fingerprint density at radius 2 is 1.59 bits per heavy atom. The third-order valence-electron chi connectivity index (χ3n) is 4.88. The Hall–Kier alpha value is -3.99. The van der Waals surface area contributed by atoms with Gasteiger partial charge in [0.15, 0.2) is 0 Å². The van der Waals surface area contributed by atoms with Crippen molar-refractivity contribution in [2.75, 3.05) is 5.32 Å². The molecular weight excluding hydrogens is 358 g/mol. The van der Waals surface area contributed by atoms with Crippen molar-refractivity contribution in [3.05, 3.63) is 103 Å². The standard InChI is InChI=1S/C24H19N5/c1-3-7-18(8-4-1)16-29-21(19-9-5-2-6-10-19)13-20-15-26-24(14-22(20)29)28-23-11-12-25-17-27-23/h1-15,17H,16H2,(H,25,26,27,28). The summed E-state index contributed by atoms with van der Waals surface area (Å²) in [5.41, 5.74) is 4.74. The van der Waals surface area contributed by atoms with E-state index in [-0.39, 0.29) is 0 Å². The zero-order valence-corrected chi connectivity index (χ0v) is 15.7. The van der Waals surface area contributed by atoms with Crippen molar-refractivity contribution >= 4 is 22.5 Å². The molecule has 5 aromatic rings. The molecule has 0 amide bonds. The minimum Gasteiger partial charge on any atom is -0.336 e. The third kappa shape index (κ3) is 3.58. The van der Waals surface area contributed by atoms with E-state index in [4.69, 9.17) is 0 Å². The lowest BCUT2D eigenvalue weighted by Gasteiger charge is -2.12. The highest BCUT2D eigenvalue weighted by molar-refractivity contribution is 5.88. The SMILES string of the molecule is c1ccc(Cn2c(-c3ccccc3)cc3cnc(Nc4ccncn4)cc32)cc1. The number of hydrogen-bond donors (Lipinski definition) is 1. The summed E-state index contributed by atoms with van der Waals surface area (Å²) in [6.45, 7) is 0.783. The average molecular weight is 377 g/mol. The Morgan fingerprint density at radius 1 is 0.793 bits per heavy atom. The van der Waals surface area contributed by atoms with Crippen LogP contribution in [0.5, 0.6) is 0 Å². The minimum absolute atomic E-state index is 0.719. The number of hydrogen-bond acceptors (Lipinski definition) is 4. The molecule has 5 rings (SSSR count). The zero-order valence-electron chi connectivity index (χ0n) is 15.7. The Morgan fingerprint density at radius 3 is 2.34 bits per heavy atom. The van der Waals surface area contributed by atoms with Crippen molar-refractivity contribution in [3.63, 3.8) is 0 Å². The lowest BCUT2D eigenvalue weighted by atomic mass is 10.1. The van der Waals surface area contributed by atoms with E-state index in [0.717, 1.165) is 29.1 Å². The number of benzene rings is 2. The summed E-state index contributed by atoms with van der Waals surface area (Å²) >= 11 is 0. The summed E-state index contributed by atoms with van der Waals surface area (Å²) in [6.07, 6.45) is 5.14. The van der Waals surface area contributed by atoms with Gasteiger partial charge >= 0.3 is 0 Å². The van der Waals surface area contributed by atoms with E-state index >= 15 is 0 Å². The first kappa shape index (κ1) is 17.1. The molecule has 0 saturated carbocycles. The van der Waals surface area contributed by atoms with Gasteiger partial charge in [-0.1, -0.05) is 60.7 Å². The largest absolute Gasteiger partial charge is 0.336 e. The van der Waals surface area contributed by atoms with Gasteiger partial charge in [0.2, 0.25) is 0 Å². The molecule has 5 heteroatoms. The first-order valence-corrected chi connectivity index (χ1v) is 9.48. The van der Waals surface area contributed by atoms with E-state index in [0.29, 0.717) is 0 Å². The van der Waals surface area contributed by atoms with Crippen LogP contribution in [0, 0.1) is 0 Å². The minimum atomic E-state index is 0.719. The molecule has 0 spiro atoms. The molecule has 0 aliphatic heterocycles. The number of nitrogens with zero attached hydrogens (tertiary/aromatic N) is 4. The Kier molecular flexibility index (Phi) is 4.47. The van der Waals surface area contributed by atoms with E-state index in [1.54, 1.807) is 6.20 Å². The van der Waals surface area contributed by atoms with E-state index in [9.17, 15) is 0 Å². The first-order chi connectivity index (χ1) is 14.4. The first-order valence-electron chi connectivity index (χ1n) is 9.48. The van der Waals surface area contributed by atoms with Crippen molar-refractivity contribution in [1.82, 2.24) is 19.5 Å². The van der Waals surface area contributed by atoms with Crippen LogP contribution in [0.1, 0.15) is 5.56 Å². The molecule has 0 unspecified atom stereocenters. The van der Waals surface area contributed by atoms with E-state index in [1.165, 1.54) is 23.1 Å². The number of nitrogens with one attached hydrogen (secondary N) is 1. The summed E-state index contributed by atoms with van der Waals surface area (Å²) in [6, 6.07) is 27.1. The van der Waals surface area contributed by atoms with Gasteiger partial charge in [-0.2, -0.15) is 0 Å². The van der Waals surface area contributed by atoms with Gasteiger partial charge < -0.3 is 9.88 Å². The van der Waals surface area contributed by atoms with Crippen LogP contribution in [-0.2, 0) is 6.54 Å². The monoisotopic (exact) mass is 377 g/mol. The second-order valence-corrected chi connectivity index (χ2v) is 6.82. The predicted molar refractivity (Wildman–Crippen MR) is 116 cm³/mol. The molecule has 140 valence electrons. The molecule has 0 atom stereocenters. The summed E-state index contributed by atoms with van der Waals surface area (Å²) in [7, 11) is 0. The fourth-order valence-corrected chi connectivity index (χ4v) is 3.50. The molecule has 3 heterocycles. The highest BCUT2D eigenvalue weighted by atomic mass is 15.1. The predicted octanol–water partition coefficient (Wildman–Crippen LogP) is 5.29. The number of pyridine rings is 1. The maximum absolute atomic E-state index is 4.57. The van der Waals surface area contributed by atoms with Crippen LogP contribution in [0.4, 0.5) is 11.6 Å².